The second-order valence-corrected chi connectivity index (χ2v) is 3.90. The summed E-state index contributed by atoms with van der Waals surface area (Å²) in [6.07, 6.45) is 3.69. The van der Waals surface area contributed by atoms with Crippen LogP contribution >= 0.6 is 0 Å². The molecule has 3 heteroatoms. The van der Waals surface area contributed by atoms with Crippen molar-refractivity contribution >= 4 is 16.5 Å². The number of hydrogen-bond donors (Lipinski definition) is 1. The number of nitrogens with one attached hydrogen (secondary N) is 1. The Morgan fingerprint density at radius 1 is 1.38 bits per heavy atom. The second-order valence-electron chi connectivity index (χ2n) is 3.90. The van der Waals surface area contributed by atoms with Crippen LogP contribution in [0.5, 0.6) is 0 Å². The first-order valence-corrected chi connectivity index (χ1v) is 5.39. The van der Waals surface area contributed by atoms with E-state index < -0.39 is 0 Å². The van der Waals surface area contributed by atoms with Crippen LogP contribution in [0.2, 0.25) is 0 Å². The SMILES string of the molecule is COCC(C)Nc1cccc2cnccc12. The van der Waals surface area contributed by atoms with Gasteiger partial charge in [-0.25, -0.2) is 0 Å². The molecular weight excluding hydrogens is 200 g/mol. The molecule has 2 aromatic rings. The van der Waals surface area contributed by atoms with Crippen LogP contribution in [0.1, 0.15) is 6.92 Å². The number of rotatable bonds is 4. The van der Waals surface area contributed by atoms with E-state index in [0.29, 0.717) is 12.6 Å². The van der Waals surface area contributed by atoms with Gasteiger partial charge < -0.3 is 10.1 Å². The van der Waals surface area contributed by atoms with Crippen molar-refractivity contribution in [2.24, 2.45) is 0 Å². The first-order valence-electron chi connectivity index (χ1n) is 5.39. The van der Waals surface area contributed by atoms with Crippen LogP contribution in [0.4, 0.5) is 5.69 Å². The maximum Gasteiger partial charge on any atom is 0.0661 e. The summed E-state index contributed by atoms with van der Waals surface area (Å²) in [6.45, 7) is 2.80. The van der Waals surface area contributed by atoms with Crippen molar-refractivity contribution in [1.82, 2.24) is 4.98 Å². The van der Waals surface area contributed by atoms with Crippen LogP contribution in [0.15, 0.2) is 36.7 Å². The van der Waals surface area contributed by atoms with Gasteiger partial charge in [0.1, 0.15) is 0 Å². The van der Waals surface area contributed by atoms with Crippen molar-refractivity contribution in [2.45, 2.75) is 13.0 Å². The Hall–Kier alpha value is -1.61. The van der Waals surface area contributed by atoms with Crippen LogP contribution in [-0.4, -0.2) is 24.7 Å². The first kappa shape index (κ1) is 10.9. The highest BCUT2D eigenvalue weighted by Gasteiger charge is 2.04. The van der Waals surface area contributed by atoms with E-state index in [4.69, 9.17) is 4.74 Å². The van der Waals surface area contributed by atoms with Gasteiger partial charge in [-0.1, -0.05) is 12.1 Å². The average Bonchev–Trinajstić information content (AvgIpc) is 2.30. The molecule has 0 aliphatic heterocycles. The zero-order chi connectivity index (χ0) is 11.4. The zero-order valence-corrected chi connectivity index (χ0v) is 9.60. The predicted molar refractivity (Wildman–Crippen MR) is 66.7 cm³/mol. The summed E-state index contributed by atoms with van der Waals surface area (Å²) in [5, 5.41) is 5.78. The molecule has 0 radical (unpaired) electrons. The fraction of sp³-hybridized carbons (Fsp3) is 0.308. The molecule has 0 amide bonds. The summed E-state index contributed by atoms with van der Waals surface area (Å²) in [5.41, 5.74) is 1.13. The van der Waals surface area contributed by atoms with Crippen LogP contribution in [-0.2, 0) is 4.74 Å². The van der Waals surface area contributed by atoms with Crippen molar-refractivity contribution in [1.29, 1.82) is 0 Å². The molecule has 0 bridgehead atoms. The molecule has 1 atom stereocenters. The molecule has 1 N–H and O–H groups in total. The third kappa shape index (κ3) is 2.31. The van der Waals surface area contributed by atoms with E-state index in [1.165, 1.54) is 5.39 Å². The van der Waals surface area contributed by atoms with Gasteiger partial charge in [-0.2, -0.15) is 0 Å². The molecule has 84 valence electrons. The number of anilines is 1. The van der Waals surface area contributed by atoms with Gasteiger partial charge in [0.15, 0.2) is 0 Å². The smallest absolute Gasteiger partial charge is 0.0661 e. The third-order valence-electron chi connectivity index (χ3n) is 2.50. The molecule has 0 saturated carbocycles. The van der Waals surface area contributed by atoms with Gasteiger partial charge in [-0.3, -0.25) is 4.98 Å². The molecule has 1 aromatic heterocycles. The van der Waals surface area contributed by atoms with E-state index in [1.54, 1.807) is 7.11 Å². The number of fused-ring (bicyclic) bond motifs is 1. The Morgan fingerprint density at radius 2 is 2.25 bits per heavy atom. The number of benzene rings is 1. The molecule has 0 aliphatic carbocycles. The van der Waals surface area contributed by atoms with E-state index in [9.17, 15) is 0 Å². The Balaban J connectivity index is 2.30. The maximum absolute atomic E-state index is 5.11. The van der Waals surface area contributed by atoms with E-state index in [2.05, 4.69) is 29.4 Å². The van der Waals surface area contributed by atoms with Gasteiger partial charge in [-0.15, -0.1) is 0 Å². The lowest BCUT2D eigenvalue weighted by Gasteiger charge is -2.15. The van der Waals surface area contributed by atoms with Gasteiger partial charge in [0, 0.05) is 42.0 Å². The van der Waals surface area contributed by atoms with Gasteiger partial charge in [0.2, 0.25) is 0 Å². The predicted octanol–water partition coefficient (Wildman–Crippen LogP) is 2.68. The summed E-state index contributed by atoms with van der Waals surface area (Å²) in [7, 11) is 1.71. The summed E-state index contributed by atoms with van der Waals surface area (Å²) >= 11 is 0. The van der Waals surface area contributed by atoms with Crippen molar-refractivity contribution in [2.75, 3.05) is 19.0 Å². The standard InChI is InChI=1S/C13H16N2O/c1-10(9-16-2)15-13-5-3-4-11-8-14-7-6-12(11)13/h3-8,10,15H,9H2,1-2H3. The monoisotopic (exact) mass is 216 g/mol. The van der Waals surface area contributed by atoms with Gasteiger partial charge in [-0.05, 0) is 19.1 Å². The van der Waals surface area contributed by atoms with Crippen LogP contribution in [0.3, 0.4) is 0 Å². The lowest BCUT2D eigenvalue weighted by atomic mass is 10.1. The lowest BCUT2D eigenvalue weighted by Crippen LogP contribution is -2.20. The number of pyridine rings is 1. The minimum Gasteiger partial charge on any atom is -0.383 e. The van der Waals surface area contributed by atoms with Gasteiger partial charge in [0.25, 0.3) is 0 Å². The Bertz CT molecular complexity index is 465. The fourth-order valence-corrected chi connectivity index (χ4v) is 1.81. The molecule has 0 fully saturated rings. The number of hydrogen-bond acceptors (Lipinski definition) is 3. The Kier molecular flexibility index (Phi) is 3.37. The van der Waals surface area contributed by atoms with E-state index in [-0.39, 0.29) is 0 Å². The zero-order valence-electron chi connectivity index (χ0n) is 9.60. The molecule has 1 aromatic carbocycles. The van der Waals surface area contributed by atoms with Gasteiger partial charge >= 0.3 is 0 Å². The highest BCUT2D eigenvalue weighted by molar-refractivity contribution is 5.93. The topological polar surface area (TPSA) is 34.1 Å². The molecule has 0 aliphatic rings. The van der Waals surface area contributed by atoms with Crippen LogP contribution in [0, 0.1) is 0 Å². The largest absolute Gasteiger partial charge is 0.383 e. The summed E-state index contributed by atoms with van der Waals surface area (Å²) in [6, 6.07) is 8.50. The number of aromatic nitrogens is 1. The number of ether oxygens (including phenoxy) is 1. The van der Waals surface area contributed by atoms with Crippen molar-refractivity contribution in [3.05, 3.63) is 36.7 Å². The normalized spacial score (nSPS) is 12.6. The number of nitrogens with zero attached hydrogens (tertiary/aromatic N) is 1. The summed E-state index contributed by atoms with van der Waals surface area (Å²) in [4.78, 5) is 4.12. The third-order valence-corrected chi connectivity index (χ3v) is 2.50. The summed E-state index contributed by atoms with van der Waals surface area (Å²) < 4.78 is 5.11. The van der Waals surface area contributed by atoms with Crippen molar-refractivity contribution in [3.8, 4) is 0 Å². The molecule has 1 unspecified atom stereocenters. The average molecular weight is 216 g/mol. The molecule has 2 rings (SSSR count). The van der Waals surface area contributed by atoms with E-state index in [0.717, 1.165) is 11.1 Å². The number of methoxy groups -OCH3 is 1. The fourth-order valence-electron chi connectivity index (χ4n) is 1.81. The minimum absolute atomic E-state index is 0.295. The second kappa shape index (κ2) is 4.94. The highest BCUT2D eigenvalue weighted by Crippen LogP contribution is 2.22. The molecule has 16 heavy (non-hydrogen) atoms. The van der Waals surface area contributed by atoms with Crippen LogP contribution < -0.4 is 5.32 Å². The highest BCUT2D eigenvalue weighted by atomic mass is 16.5. The van der Waals surface area contributed by atoms with E-state index in [1.807, 2.05) is 24.5 Å². The van der Waals surface area contributed by atoms with Crippen LogP contribution in [0.25, 0.3) is 10.8 Å². The van der Waals surface area contributed by atoms with Gasteiger partial charge in [0.05, 0.1) is 6.61 Å². The maximum atomic E-state index is 5.11. The molecule has 3 nitrogen and oxygen atoms in total. The Labute approximate surface area is 95.5 Å². The Morgan fingerprint density at radius 3 is 3.06 bits per heavy atom. The molecule has 0 spiro atoms. The molecular formula is C13H16N2O. The first-order chi connectivity index (χ1) is 7.81. The summed E-state index contributed by atoms with van der Waals surface area (Å²) in [5.74, 6) is 0. The van der Waals surface area contributed by atoms with Crippen molar-refractivity contribution < 1.29 is 4.74 Å². The van der Waals surface area contributed by atoms with Crippen molar-refractivity contribution in [3.63, 3.8) is 0 Å². The molecule has 1 heterocycles. The minimum atomic E-state index is 0.295. The van der Waals surface area contributed by atoms with E-state index >= 15 is 0 Å². The molecule has 0 saturated heterocycles. The quantitative estimate of drug-likeness (QED) is 0.853. The lowest BCUT2D eigenvalue weighted by molar-refractivity contribution is 0.190.